The molecule has 35 heavy (non-hydrogen) atoms. The molecule has 2 heterocycles. The molecule has 0 radical (unpaired) electrons. The number of nitrogens with zero attached hydrogens (tertiary/aromatic N) is 3. The average molecular weight is 474 g/mol. The van der Waals surface area contributed by atoms with Gasteiger partial charge in [0.1, 0.15) is 5.75 Å². The maximum absolute atomic E-state index is 14.0. The summed E-state index contributed by atoms with van der Waals surface area (Å²) in [4.78, 5) is 19.0. The first kappa shape index (κ1) is 22.3. The number of benzene rings is 3. The Morgan fingerprint density at radius 2 is 1.80 bits per heavy atom. The van der Waals surface area contributed by atoms with Gasteiger partial charge in [0.05, 0.1) is 24.4 Å². The quantitative estimate of drug-likeness (QED) is 0.400. The fraction of sp³-hybridized carbons (Fsp3) is 0.115. The van der Waals surface area contributed by atoms with Crippen molar-refractivity contribution in [3.05, 3.63) is 102 Å². The molecule has 176 valence electrons. The minimum absolute atomic E-state index is 0.162. The third-order valence-electron chi connectivity index (χ3n) is 5.76. The lowest BCUT2D eigenvalue weighted by Gasteiger charge is -2.35. The zero-order valence-corrected chi connectivity index (χ0v) is 18.8. The van der Waals surface area contributed by atoms with E-state index in [1.807, 2.05) is 42.5 Å². The lowest BCUT2D eigenvalue weighted by molar-refractivity contribution is 0.244. The molecule has 0 saturated carbocycles. The number of methoxy groups -OCH3 is 1. The maximum atomic E-state index is 14.0. The highest BCUT2D eigenvalue weighted by Gasteiger charge is 2.36. The van der Waals surface area contributed by atoms with Crippen LogP contribution in [0.1, 0.15) is 24.4 Å². The number of ether oxygens (including phenoxy) is 1. The summed E-state index contributed by atoms with van der Waals surface area (Å²) in [5.74, 6) is -0.909. The molecule has 3 aromatic carbocycles. The Morgan fingerprint density at radius 3 is 2.54 bits per heavy atom. The van der Waals surface area contributed by atoms with Gasteiger partial charge in [-0.2, -0.15) is 4.98 Å². The first-order chi connectivity index (χ1) is 17.0. The summed E-state index contributed by atoms with van der Waals surface area (Å²) >= 11 is 0. The highest BCUT2D eigenvalue weighted by molar-refractivity contribution is 6.01. The summed E-state index contributed by atoms with van der Waals surface area (Å²) in [7, 11) is 1.57. The van der Waals surface area contributed by atoms with Crippen molar-refractivity contribution in [2.24, 2.45) is 0 Å². The monoisotopic (exact) mass is 474 g/mol. The largest absolute Gasteiger partial charge is 0.497 e. The SMILES string of the molecule is COc1cccc(-c2noc(C3=C(C)N(c4ccc(F)c(F)c4)C(=O)NC3c3ccccc3)n2)c1. The Balaban J connectivity index is 1.65. The van der Waals surface area contributed by atoms with Crippen LogP contribution < -0.4 is 15.0 Å². The van der Waals surface area contributed by atoms with Crippen LogP contribution in [-0.2, 0) is 0 Å². The van der Waals surface area contributed by atoms with E-state index in [1.54, 1.807) is 26.2 Å². The standard InChI is InChI=1S/C26H20F2N4O3/c1-15-22(25-30-24(31-35-25)17-9-6-10-19(13-17)34-2)23(16-7-4-3-5-8-16)29-26(33)32(15)18-11-12-20(27)21(28)14-18/h3-14,23H,1-2H3,(H,29,33). The Bertz CT molecular complexity index is 1440. The van der Waals surface area contributed by atoms with Crippen molar-refractivity contribution in [3.8, 4) is 17.1 Å². The molecular weight excluding hydrogens is 454 g/mol. The normalized spacial score (nSPS) is 15.8. The van der Waals surface area contributed by atoms with E-state index in [1.165, 1.54) is 11.0 Å². The first-order valence-electron chi connectivity index (χ1n) is 10.8. The van der Waals surface area contributed by atoms with E-state index in [-0.39, 0.29) is 11.6 Å². The van der Waals surface area contributed by atoms with Crippen LogP contribution in [0.3, 0.4) is 0 Å². The molecule has 1 unspecified atom stereocenters. The Labute approximate surface area is 199 Å². The highest BCUT2D eigenvalue weighted by atomic mass is 19.2. The number of urea groups is 1. The molecule has 0 fully saturated rings. The smallest absolute Gasteiger partial charge is 0.327 e. The molecule has 9 heteroatoms. The Morgan fingerprint density at radius 1 is 1.00 bits per heavy atom. The number of amides is 2. The lowest BCUT2D eigenvalue weighted by Crippen LogP contribution is -2.46. The van der Waals surface area contributed by atoms with Crippen LogP contribution in [0.5, 0.6) is 5.75 Å². The third kappa shape index (κ3) is 4.12. The number of carbonyl (C=O) groups is 1. The molecule has 1 aliphatic rings. The van der Waals surface area contributed by atoms with Gasteiger partial charge >= 0.3 is 6.03 Å². The van der Waals surface area contributed by atoms with Crippen LogP contribution in [0.4, 0.5) is 19.3 Å². The van der Waals surface area contributed by atoms with Crippen LogP contribution in [0.15, 0.2) is 83.0 Å². The summed E-state index contributed by atoms with van der Waals surface area (Å²) in [6.07, 6.45) is 0. The third-order valence-corrected chi connectivity index (χ3v) is 5.76. The molecular formula is C26H20F2N4O3. The van der Waals surface area contributed by atoms with Crippen LogP contribution in [-0.4, -0.2) is 23.3 Å². The number of hydrogen-bond donors (Lipinski definition) is 1. The number of carbonyl (C=O) groups excluding carboxylic acids is 1. The van der Waals surface area contributed by atoms with Gasteiger partial charge in [-0.15, -0.1) is 0 Å². The minimum atomic E-state index is -1.06. The van der Waals surface area contributed by atoms with Crippen LogP contribution in [0.2, 0.25) is 0 Å². The average Bonchev–Trinajstić information content (AvgIpc) is 3.36. The van der Waals surface area contributed by atoms with Gasteiger partial charge < -0.3 is 14.6 Å². The van der Waals surface area contributed by atoms with Crippen LogP contribution >= 0.6 is 0 Å². The van der Waals surface area contributed by atoms with Gasteiger partial charge in [0.15, 0.2) is 11.6 Å². The van der Waals surface area contributed by atoms with Gasteiger partial charge in [0, 0.05) is 17.3 Å². The summed E-state index contributed by atoms with van der Waals surface area (Å²) < 4.78 is 38.5. The molecule has 2 amide bonds. The fourth-order valence-corrected chi connectivity index (χ4v) is 4.06. The summed E-state index contributed by atoms with van der Waals surface area (Å²) in [5, 5.41) is 7.05. The predicted octanol–water partition coefficient (Wildman–Crippen LogP) is 5.73. The van der Waals surface area contributed by atoms with E-state index in [9.17, 15) is 13.6 Å². The second-order valence-electron chi connectivity index (χ2n) is 7.88. The fourth-order valence-electron chi connectivity index (χ4n) is 4.06. The van der Waals surface area contributed by atoms with Gasteiger partial charge in [-0.1, -0.05) is 47.6 Å². The molecule has 5 rings (SSSR count). The first-order valence-corrected chi connectivity index (χ1v) is 10.8. The number of hydrogen-bond acceptors (Lipinski definition) is 5. The second kappa shape index (κ2) is 9.02. The van der Waals surface area contributed by atoms with Gasteiger partial charge in [-0.05, 0) is 36.8 Å². The molecule has 1 atom stereocenters. The molecule has 1 N–H and O–H groups in total. The molecule has 0 bridgehead atoms. The molecule has 1 aliphatic heterocycles. The van der Waals surface area contributed by atoms with Crippen molar-refractivity contribution in [2.45, 2.75) is 13.0 Å². The number of allylic oxidation sites excluding steroid dienone is 1. The van der Waals surface area contributed by atoms with E-state index < -0.39 is 23.7 Å². The van der Waals surface area contributed by atoms with Gasteiger partial charge in [-0.25, -0.2) is 13.6 Å². The van der Waals surface area contributed by atoms with Crippen molar-refractivity contribution in [2.75, 3.05) is 12.0 Å². The predicted molar refractivity (Wildman–Crippen MR) is 125 cm³/mol. The zero-order chi connectivity index (χ0) is 24.5. The van der Waals surface area contributed by atoms with Gasteiger partial charge in [0.2, 0.25) is 5.82 Å². The maximum Gasteiger partial charge on any atom is 0.327 e. The zero-order valence-electron chi connectivity index (χ0n) is 18.8. The number of rotatable bonds is 5. The van der Waals surface area contributed by atoms with E-state index in [0.717, 1.165) is 17.7 Å². The van der Waals surface area contributed by atoms with Crippen molar-refractivity contribution < 1.29 is 22.8 Å². The summed E-state index contributed by atoms with van der Waals surface area (Å²) in [5.41, 5.74) is 2.61. The Kier molecular flexibility index (Phi) is 5.74. The minimum Gasteiger partial charge on any atom is -0.497 e. The van der Waals surface area contributed by atoms with E-state index in [2.05, 4.69) is 15.5 Å². The molecule has 0 spiro atoms. The van der Waals surface area contributed by atoms with Crippen molar-refractivity contribution in [1.82, 2.24) is 15.5 Å². The van der Waals surface area contributed by atoms with Crippen molar-refractivity contribution in [1.29, 1.82) is 0 Å². The van der Waals surface area contributed by atoms with E-state index in [0.29, 0.717) is 28.4 Å². The number of halogens is 2. The number of aromatic nitrogens is 2. The Hall–Kier alpha value is -4.53. The molecule has 4 aromatic rings. The number of anilines is 1. The summed E-state index contributed by atoms with van der Waals surface area (Å²) in [6.45, 7) is 1.70. The van der Waals surface area contributed by atoms with Gasteiger partial charge in [-0.3, -0.25) is 4.90 Å². The van der Waals surface area contributed by atoms with Crippen molar-refractivity contribution in [3.63, 3.8) is 0 Å². The molecule has 7 nitrogen and oxygen atoms in total. The summed E-state index contributed by atoms with van der Waals surface area (Å²) in [6, 6.07) is 18.7. The highest BCUT2D eigenvalue weighted by Crippen LogP contribution is 2.39. The molecule has 0 saturated heterocycles. The lowest BCUT2D eigenvalue weighted by atomic mass is 9.94. The van der Waals surface area contributed by atoms with Crippen molar-refractivity contribution >= 4 is 17.3 Å². The van der Waals surface area contributed by atoms with Gasteiger partial charge in [0.25, 0.3) is 5.89 Å². The van der Waals surface area contributed by atoms with Crippen LogP contribution in [0.25, 0.3) is 17.0 Å². The van der Waals surface area contributed by atoms with Crippen LogP contribution in [0, 0.1) is 11.6 Å². The number of nitrogens with one attached hydrogen (secondary N) is 1. The second-order valence-corrected chi connectivity index (χ2v) is 7.88. The molecule has 1 aromatic heterocycles. The van der Waals surface area contributed by atoms with E-state index in [4.69, 9.17) is 9.26 Å². The molecule has 0 aliphatic carbocycles. The van der Waals surface area contributed by atoms with E-state index >= 15 is 0 Å². The topological polar surface area (TPSA) is 80.5 Å².